The molecule has 2 saturated carbocycles. The lowest BCUT2D eigenvalue weighted by Gasteiger charge is -2.09. The van der Waals surface area contributed by atoms with Crippen molar-refractivity contribution in [2.24, 2.45) is 17.8 Å². The fourth-order valence-electron chi connectivity index (χ4n) is 4.26. The third-order valence-corrected chi connectivity index (χ3v) is 5.34. The van der Waals surface area contributed by atoms with Gasteiger partial charge in [-0.15, -0.1) is 0 Å². The number of rotatable bonds is 2. The van der Waals surface area contributed by atoms with Gasteiger partial charge in [-0.3, -0.25) is 4.79 Å². The molecule has 2 aliphatic carbocycles. The maximum Gasteiger partial charge on any atom is 0.167 e. The standard InChI is InChI=1S/C19H20O/c1-12-10-11-13-6-2-3-7-14(13)17(12)19(20)18-15-8-4-5-9-16(15)18/h2-3,6-7,10-11,15-16,18H,4-5,8-9H2,1H3. The Morgan fingerprint density at radius 3 is 2.45 bits per heavy atom. The Bertz CT molecular complexity index is 673. The molecular weight excluding hydrogens is 244 g/mol. The molecule has 2 aromatic carbocycles. The molecule has 4 rings (SSSR count). The van der Waals surface area contributed by atoms with E-state index in [1.807, 2.05) is 12.1 Å². The van der Waals surface area contributed by atoms with Gasteiger partial charge in [0.1, 0.15) is 0 Å². The van der Waals surface area contributed by atoms with E-state index in [2.05, 4.69) is 31.2 Å². The molecule has 0 radical (unpaired) electrons. The summed E-state index contributed by atoms with van der Waals surface area (Å²) in [6.07, 6.45) is 5.18. The Morgan fingerprint density at radius 1 is 1.00 bits per heavy atom. The van der Waals surface area contributed by atoms with Gasteiger partial charge in [-0.05, 0) is 47.9 Å². The van der Waals surface area contributed by atoms with E-state index in [0.717, 1.165) is 16.5 Å². The van der Waals surface area contributed by atoms with Crippen molar-refractivity contribution >= 4 is 16.6 Å². The minimum atomic E-state index is 0.321. The second kappa shape index (κ2) is 4.44. The summed E-state index contributed by atoms with van der Waals surface area (Å²) in [5.41, 5.74) is 2.12. The van der Waals surface area contributed by atoms with Gasteiger partial charge in [-0.2, -0.15) is 0 Å². The Kier molecular flexibility index (Phi) is 2.70. The van der Waals surface area contributed by atoms with E-state index in [1.165, 1.54) is 31.1 Å². The highest BCUT2D eigenvalue weighted by Crippen LogP contribution is 2.57. The lowest BCUT2D eigenvalue weighted by molar-refractivity contribution is 0.0957. The minimum absolute atomic E-state index is 0.321. The predicted octanol–water partition coefficient (Wildman–Crippen LogP) is 4.77. The normalized spacial score (nSPS) is 28.1. The summed E-state index contributed by atoms with van der Waals surface area (Å²) in [6, 6.07) is 12.5. The van der Waals surface area contributed by atoms with Gasteiger partial charge in [-0.25, -0.2) is 0 Å². The Labute approximate surface area is 120 Å². The summed E-state index contributed by atoms with van der Waals surface area (Å²) in [6.45, 7) is 2.08. The zero-order valence-electron chi connectivity index (χ0n) is 11.9. The predicted molar refractivity (Wildman–Crippen MR) is 82.0 cm³/mol. The first-order valence-corrected chi connectivity index (χ1v) is 7.80. The number of hydrogen-bond donors (Lipinski definition) is 0. The minimum Gasteiger partial charge on any atom is -0.294 e. The lowest BCUT2D eigenvalue weighted by Crippen LogP contribution is -2.07. The SMILES string of the molecule is Cc1ccc2ccccc2c1C(=O)C1C2CCCCC21. The summed E-state index contributed by atoms with van der Waals surface area (Å²) in [7, 11) is 0. The quantitative estimate of drug-likeness (QED) is 0.714. The van der Waals surface area contributed by atoms with E-state index in [0.29, 0.717) is 23.5 Å². The first-order chi connectivity index (χ1) is 9.77. The Hall–Kier alpha value is -1.63. The van der Waals surface area contributed by atoms with Gasteiger partial charge in [0, 0.05) is 11.5 Å². The Balaban J connectivity index is 1.78. The number of carbonyl (C=O) groups excluding carboxylic acids is 1. The average molecular weight is 264 g/mol. The molecule has 102 valence electrons. The molecule has 2 aromatic rings. The molecule has 20 heavy (non-hydrogen) atoms. The van der Waals surface area contributed by atoms with Crippen LogP contribution >= 0.6 is 0 Å². The molecule has 0 saturated heterocycles. The monoisotopic (exact) mass is 264 g/mol. The number of benzene rings is 2. The van der Waals surface area contributed by atoms with E-state index in [-0.39, 0.29) is 0 Å². The molecule has 0 aromatic heterocycles. The van der Waals surface area contributed by atoms with Crippen LogP contribution in [0.5, 0.6) is 0 Å². The summed E-state index contributed by atoms with van der Waals surface area (Å²) in [5, 5.41) is 2.33. The van der Waals surface area contributed by atoms with Crippen molar-refractivity contribution in [2.45, 2.75) is 32.6 Å². The smallest absolute Gasteiger partial charge is 0.167 e. The van der Waals surface area contributed by atoms with Crippen LogP contribution in [0.2, 0.25) is 0 Å². The first kappa shape index (κ1) is 12.1. The van der Waals surface area contributed by atoms with Crippen LogP contribution in [0.4, 0.5) is 0 Å². The first-order valence-electron chi connectivity index (χ1n) is 7.80. The number of aryl methyl sites for hydroxylation is 1. The molecule has 2 aliphatic rings. The van der Waals surface area contributed by atoms with Crippen LogP contribution in [0, 0.1) is 24.7 Å². The van der Waals surface area contributed by atoms with Crippen LogP contribution in [0.25, 0.3) is 10.8 Å². The van der Waals surface area contributed by atoms with E-state index < -0.39 is 0 Å². The fourth-order valence-corrected chi connectivity index (χ4v) is 4.26. The molecule has 0 spiro atoms. The second-order valence-electron chi connectivity index (χ2n) is 6.48. The highest BCUT2D eigenvalue weighted by molar-refractivity contribution is 6.11. The molecule has 2 atom stereocenters. The van der Waals surface area contributed by atoms with Crippen LogP contribution in [0.1, 0.15) is 41.6 Å². The molecule has 0 N–H and O–H groups in total. The largest absolute Gasteiger partial charge is 0.294 e. The highest BCUT2D eigenvalue weighted by Gasteiger charge is 2.54. The molecule has 2 fully saturated rings. The van der Waals surface area contributed by atoms with E-state index in [1.54, 1.807) is 0 Å². The third kappa shape index (κ3) is 1.72. The molecular formula is C19H20O. The molecule has 1 heteroatoms. The fraction of sp³-hybridized carbons (Fsp3) is 0.421. The molecule has 0 heterocycles. The van der Waals surface area contributed by atoms with Crippen LogP contribution in [0.15, 0.2) is 36.4 Å². The van der Waals surface area contributed by atoms with Crippen LogP contribution in [0.3, 0.4) is 0 Å². The highest BCUT2D eigenvalue weighted by atomic mass is 16.1. The zero-order chi connectivity index (χ0) is 13.7. The number of hydrogen-bond acceptors (Lipinski definition) is 1. The van der Waals surface area contributed by atoms with E-state index in [9.17, 15) is 4.79 Å². The van der Waals surface area contributed by atoms with Gasteiger partial charge in [0.2, 0.25) is 0 Å². The van der Waals surface area contributed by atoms with E-state index >= 15 is 0 Å². The van der Waals surface area contributed by atoms with Gasteiger partial charge < -0.3 is 0 Å². The maximum atomic E-state index is 13.0. The summed E-state index contributed by atoms with van der Waals surface area (Å²) >= 11 is 0. The van der Waals surface area contributed by atoms with Crippen molar-refractivity contribution in [1.82, 2.24) is 0 Å². The topological polar surface area (TPSA) is 17.1 Å². The molecule has 0 bridgehead atoms. The van der Waals surface area contributed by atoms with Crippen molar-refractivity contribution < 1.29 is 4.79 Å². The van der Waals surface area contributed by atoms with Gasteiger partial charge in [0.05, 0.1) is 0 Å². The molecule has 0 aliphatic heterocycles. The van der Waals surface area contributed by atoms with Gasteiger partial charge in [0.25, 0.3) is 0 Å². The summed E-state index contributed by atoms with van der Waals surface area (Å²) < 4.78 is 0. The van der Waals surface area contributed by atoms with Crippen LogP contribution in [-0.2, 0) is 0 Å². The van der Waals surface area contributed by atoms with Crippen molar-refractivity contribution in [3.63, 3.8) is 0 Å². The van der Waals surface area contributed by atoms with Gasteiger partial charge in [-0.1, -0.05) is 49.2 Å². The Morgan fingerprint density at radius 2 is 1.70 bits per heavy atom. The van der Waals surface area contributed by atoms with Crippen LogP contribution in [-0.4, -0.2) is 5.78 Å². The lowest BCUT2D eigenvalue weighted by atomic mass is 9.93. The van der Waals surface area contributed by atoms with E-state index in [4.69, 9.17) is 0 Å². The maximum absolute atomic E-state index is 13.0. The molecule has 2 unspecified atom stereocenters. The third-order valence-electron chi connectivity index (χ3n) is 5.34. The molecule has 1 nitrogen and oxygen atoms in total. The number of ketones is 1. The number of fused-ring (bicyclic) bond motifs is 2. The van der Waals surface area contributed by atoms with Gasteiger partial charge in [0.15, 0.2) is 5.78 Å². The summed E-state index contributed by atoms with van der Waals surface area (Å²) in [5.74, 6) is 2.11. The average Bonchev–Trinajstić information content (AvgIpc) is 3.21. The van der Waals surface area contributed by atoms with Gasteiger partial charge >= 0.3 is 0 Å². The number of Topliss-reactive ketones (excluding diaryl/α,β-unsaturated/α-hetero) is 1. The van der Waals surface area contributed by atoms with Crippen molar-refractivity contribution in [3.8, 4) is 0 Å². The van der Waals surface area contributed by atoms with Crippen LogP contribution < -0.4 is 0 Å². The number of carbonyl (C=O) groups is 1. The summed E-state index contributed by atoms with van der Waals surface area (Å²) in [4.78, 5) is 13.0. The van der Waals surface area contributed by atoms with Crippen molar-refractivity contribution in [3.05, 3.63) is 47.5 Å². The van der Waals surface area contributed by atoms with Crippen molar-refractivity contribution in [2.75, 3.05) is 0 Å². The zero-order valence-corrected chi connectivity index (χ0v) is 11.9. The molecule has 0 amide bonds. The second-order valence-corrected chi connectivity index (χ2v) is 6.48. The van der Waals surface area contributed by atoms with Crippen molar-refractivity contribution in [1.29, 1.82) is 0 Å².